The lowest BCUT2D eigenvalue weighted by Gasteiger charge is -2.07. The van der Waals surface area contributed by atoms with Gasteiger partial charge in [0.25, 0.3) is 0 Å². The molecule has 0 fully saturated rings. The number of Topliss-reactive ketones (excluding diaryl/α,β-unsaturated/α-hetero) is 1. The number of nitriles is 1. The van der Waals surface area contributed by atoms with Gasteiger partial charge in [-0.05, 0) is 12.1 Å². The van der Waals surface area contributed by atoms with Crippen LogP contribution in [0.5, 0.6) is 0 Å². The molecule has 0 aromatic heterocycles. The van der Waals surface area contributed by atoms with Crippen LogP contribution in [0.3, 0.4) is 0 Å². The Morgan fingerprint density at radius 2 is 1.94 bits per heavy atom. The Labute approximate surface area is 93.1 Å². The summed E-state index contributed by atoms with van der Waals surface area (Å²) in [6.45, 7) is 1.58. The predicted octanol–water partition coefficient (Wildman–Crippen LogP) is 1.85. The molecule has 4 heteroatoms. The largest absolute Gasteiger partial charge is 0.481 e. The number of carbonyl (C=O) groups excluding carboxylic acids is 1. The number of carbonyl (C=O) groups is 2. The summed E-state index contributed by atoms with van der Waals surface area (Å²) in [5, 5.41) is 17.1. The first-order valence-corrected chi connectivity index (χ1v) is 4.80. The third-order valence-corrected chi connectivity index (χ3v) is 2.23. The molecule has 16 heavy (non-hydrogen) atoms. The Balaban J connectivity index is 2.80. The number of carboxylic acids is 1. The zero-order chi connectivity index (χ0) is 12.1. The first kappa shape index (κ1) is 11.9. The van der Waals surface area contributed by atoms with Gasteiger partial charge in [-0.25, -0.2) is 0 Å². The van der Waals surface area contributed by atoms with Crippen LogP contribution in [0.4, 0.5) is 0 Å². The van der Waals surface area contributed by atoms with Crippen LogP contribution < -0.4 is 0 Å². The molecule has 82 valence electrons. The maximum Gasteiger partial charge on any atom is 0.304 e. The second-order valence-corrected chi connectivity index (χ2v) is 3.55. The number of carboxylic acid groups (broad SMARTS) is 1. The summed E-state index contributed by atoms with van der Waals surface area (Å²) in [6, 6.07) is 8.12. The van der Waals surface area contributed by atoms with E-state index in [-0.39, 0.29) is 12.2 Å². The Hall–Kier alpha value is -2.15. The minimum Gasteiger partial charge on any atom is -0.481 e. The van der Waals surface area contributed by atoms with Gasteiger partial charge in [0.1, 0.15) is 0 Å². The third kappa shape index (κ3) is 2.92. The maximum atomic E-state index is 11.7. The van der Waals surface area contributed by atoms with E-state index in [9.17, 15) is 9.59 Å². The van der Waals surface area contributed by atoms with Crippen LogP contribution in [0, 0.1) is 17.2 Å². The lowest BCUT2D eigenvalue weighted by atomic mass is 9.96. The molecule has 0 aliphatic heterocycles. The molecule has 0 saturated carbocycles. The van der Waals surface area contributed by atoms with E-state index in [0.717, 1.165) is 0 Å². The molecule has 0 radical (unpaired) electrons. The van der Waals surface area contributed by atoms with E-state index in [0.29, 0.717) is 11.1 Å². The Bertz CT molecular complexity index is 442. The Morgan fingerprint density at radius 3 is 2.38 bits per heavy atom. The molecule has 0 heterocycles. The van der Waals surface area contributed by atoms with Crippen LogP contribution in [-0.4, -0.2) is 16.9 Å². The lowest BCUT2D eigenvalue weighted by molar-refractivity contribution is -0.137. The van der Waals surface area contributed by atoms with Gasteiger partial charge in [0.2, 0.25) is 0 Å². The van der Waals surface area contributed by atoms with Gasteiger partial charge >= 0.3 is 5.97 Å². The summed E-state index contributed by atoms with van der Waals surface area (Å²) < 4.78 is 0. The minimum atomic E-state index is -0.991. The van der Waals surface area contributed by atoms with E-state index in [1.807, 2.05) is 6.07 Å². The minimum absolute atomic E-state index is 0.182. The quantitative estimate of drug-likeness (QED) is 0.780. The number of hydrogen-bond acceptors (Lipinski definition) is 3. The fourth-order valence-electron chi connectivity index (χ4n) is 1.35. The van der Waals surface area contributed by atoms with Gasteiger partial charge in [-0.3, -0.25) is 9.59 Å². The van der Waals surface area contributed by atoms with E-state index in [4.69, 9.17) is 10.4 Å². The molecular formula is C12H11NO3. The number of benzene rings is 1. The van der Waals surface area contributed by atoms with Gasteiger partial charge in [-0.2, -0.15) is 5.26 Å². The van der Waals surface area contributed by atoms with Crippen molar-refractivity contribution < 1.29 is 14.7 Å². The fourth-order valence-corrected chi connectivity index (χ4v) is 1.35. The van der Waals surface area contributed by atoms with Crippen LogP contribution in [0.1, 0.15) is 29.3 Å². The number of aliphatic carboxylic acids is 1. The highest BCUT2D eigenvalue weighted by atomic mass is 16.4. The predicted molar refractivity (Wildman–Crippen MR) is 56.9 cm³/mol. The van der Waals surface area contributed by atoms with Crippen molar-refractivity contribution in [2.75, 3.05) is 0 Å². The average molecular weight is 217 g/mol. The first-order valence-electron chi connectivity index (χ1n) is 4.80. The highest BCUT2D eigenvalue weighted by Gasteiger charge is 2.17. The van der Waals surface area contributed by atoms with Crippen LogP contribution in [0.25, 0.3) is 0 Å². The van der Waals surface area contributed by atoms with Gasteiger partial charge < -0.3 is 5.11 Å². The molecule has 0 bridgehead atoms. The first-order chi connectivity index (χ1) is 7.54. The second kappa shape index (κ2) is 5.08. The van der Waals surface area contributed by atoms with Crippen molar-refractivity contribution in [2.24, 2.45) is 5.92 Å². The fraction of sp³-hybridized carbons (Fsp3) is 0.250. The normalized spacial score (nSPS) is 11.5. The molecular weight excluding hydrogens is 206 g/mol. The smallest absolute Gasteiger partial charge is 0.304 e. The number of rotatable bonds is 4. The molecule has 0 spiro atoms. The van der Waals surface area contributed by atoms with Crippen LogP contribution >= 0.6 is 0 Å². The zero-order valence-electron chi connectivity index (χ0n) is 8.80. The van der Waals surface area contributed by atoms with Crippen LogP contribution in [0.15, 0.2) is 24.3 Å². The van der Waals surface area contributed by atoms with Gasteiger partial charge in [-0.15, -0.1) is 0 Å². The van der Waals surface area contributed by atoms with Gasteiger partial charge in [0.05, 0.1) is 18.1 Å². The van der Waals surface area contributed by atoms with Crippen LogP contribution in [0.2, 0.25) is 0 Å². The summed E-state index contributed by atoms with van der Waals surface area (Å²) >= 11 is 0. The molecule has 4 nitrogen and oxygen atoms in total. The van der Waals surface area contributed by atoms with Crippen molar-refractivity contribution >= 4 is 11.8 Å². The van der Waals surface area contributed by atoms with Crippen molar-refractivity contribution in [1.29, 1.82) is 5.26 Å². The van der Waals surface area contributed by atoms with Crippen molar-refractivity contribution in [3.63, 3.8) is 0 Å². The van der Waals surface area contributed by atoms with E-state index in [1.165, 1.54) is 0 Å². The zero-order valence-corrected chi connectivity index (χ0v) is 8.80. The molecule has 1 N–H and O–H groups in total. The highest BCUT2D eigenvalue weighted by molar-refractivity contribution is 5.99. The van der Waals surface area contributed by atoms with Gasteiger partial charge in [0, 0.05) is 11.5 Å². The van der Waals surface area contributed by atoms with Crippen molar-refractivity contribution in [1.82, 2.24) is 0 Å². The average Bonchev–Trinajstić information content (AvgIpc) is 2.27. The SMILES string of the molecule is CC(CC(=O)O)C(=O)c1ccc(C#N)cc1. The Kier molecular flexibility index (Phi) is 3.78. The van der Waals surface area contributed by atoms with E-state index >= 15 is 0 Å². The molecule has 1 rings (SSSR count). The van der Waals surface area contributed by atoms with Crippen LogP contribution in [-0.2, 0) is 4.79 Å². The maximum absolute atomic E-state index is 11.7. The van der Waals surface area contributed by atoms with E-state index < -0.39 is 11.9 Å². The monoisotopic (exact) mass is 217 g/mol. The molecule has 0 amide bonds. The molecule has 1 atom stereocenters. The van der Waals surface area contributed by atoms with Crippen molar-refractivity contribution in [2.45, 2.75) is 13.3 Å². The van der Waals surface area contributed by atoms with E-state index in [1.54, 1.807) is 31.2 Å². The molecule has 1 aromatic carbocycles. The molecule has 1 unspecified atom stereocenters. The topological polar surface area (TPSA) is 78.2 Å². The summed E-state index contributed by atoms with van der Waals surface area (Å²) in [5.41, 5.74) is 0.912. The molecule has 0 aliphatic rings. The second-order valence-electron chi connectivity index (χ2n) is 3.55. The Morgan fingerprint density at radius 1 is 1.38 bits per heavy atom. The van der Waals surface area contributed by atoms with Gasteiger partial charge in [0.15, 0.2) is 5.78 Å². The number of ketones is 1. The summed E-state index contributed by atoms with van der Waals surface area (Å²) in [6.07, 6.45) is -0.182. The number of nitrogens with zero attached hydrogens (tertiary/aromatic N) is 1. The molecule has 0 saturated heterocycles. The highest BCUT2D eigenvalue weighted by Crippen LogP contribution is 2.13. The molecule has 1 aromatic rings. The lowest BCUT2D eigenvalue weighted by Crippen LogP contribution is -2.15. The standard InChI is InChI=1S/C12H11NO3/c1-8(6-11(14)15)12(16)10-4-2-9(7-13)3-5-10/h2-5,8H,6H2,1H3,(H,14,15). The summed E-state index contributed by atoms with van der Waals surface area (Å²) in [5.74, 6) is -1.76. The van der Waals surface area contributed by atoms with Gasteiger partial charge in [-0.1, -0.05) is 19.1 Å². The number of hydrogen-bond donors (Lipinski definition) is 1. The third-order valence-electron chi connectivity index (χ3n) is 2.23. The van der Waals surface area contributed by atoms with Crippen molar-refractivity contribution in [3.05, 3.63) is 35.4 Å². The van der Waals surface area contributed by atoms with Crippen molar-refractivity contribution in [3.8, 4) is 6.07 Å². The van der Waals surface area contributed by atoms with E-state index in [2.05, 4.69) is 0 Å². The molecule has 0 aliphatic carbocycles. The summed E-state index contributed by atoms with van der Waals surface area (Å²) in [4.78, 5) is 22.2. The summed E-state index contributed by atoms with van der Waals surface area (Å²) in [7, 11) is 0.